The predicted molar refractivity (Wildman–Crippen MR) is 103 cm³/mol. The lowest BCUT2D eigenvalue weighted by molar-refractivity contribution is -0.136. The maximum absolute atomic E-state index is 12.0. The number of ether oxygens (including phenoxy) is 1. The molecule has 1 saturated carbocycles. The third kappa shape index (κ3) is 3.84. The van der Waals surface area contributed by atoms with Gasteiger partial charge in [0, 0.05) is 32.8 Å². The van der Waals surface area contributed by atoms with Gasteiger partial charge in [0.05, 0.1) is 10.9 Å². The first-order valence-corrected chi connectivity index (χ1v) is 11.3. The summed E-state index contributed by atoms with van der Waals surface area (Å²) in [5.74, 6) is 0.458. The van der Waals surface area contributed by atoms with Crippen LogP contribution in [0, 0.1) is 19.8 Å². The molecule has 1 aromatic carbocycles. The molecule has 0 radical (unpaired) electrons. The lowest BCUT2D eigenvalue weighted by atomic mass is 9.79. The van der Waals surface area contributed by atoms with Gasteiger partial charge in [-0.25, -0.2) is 13.1 Å². The van der Waals surface area contributed by atoms with E-state index in [1.54, 1.807) is 0 Å². The van der Waals surface area contributed by atoms with E-state index in [1.165, 1.54) is 16.7 Å². The molecule has 2 saturated heterocycles. The summed E-state index contributed by atoms with van der Waals surface area (Å²) in [4.78, 5) is 2.45. The Morgan fingerprint density at radius 2 is 1.85 bits per heavy atom. The molecular weight excluding hydrogens is 348 g/mol. The lowest BCUT2D eigenvalue weighted by Crippen LogP contribution is -2.64. The molecule has 144 valence electrons. The smallest absolute Gasteiger partial charge is 0.214 e. The van der Waals surface area contributed by atoms with E-state index >= 15 is 0 Å². The summed E-state index contributed by atoms with van der Waals surface area (Å²) in [6.45, 7) is 8.53. The Bertz CT molecular complexity index is 747. The van der Waals surface area contributed by atoms with E-state index in [0.29, 0.717) is 12.5 Å². The highest BCUT2D eigenvalue weighted by atomic mass is 32.2. The predicted octanol–water partition coefficient (Wildman–Crippen LogP) is 2.37. The number of aryl methyl sites for hydroxylation is 2. The summed E-state index contributed by atoms with van der Waals surface area (Å²) < 4.78 is 32.9. The number of hydrogen-bond donors (Lipinski definition) is 1. The van der Waals surface area contributed by atoms with Crippen molar-refractivity contribution >= 4 is 10.0 Å². The average Bonchev–Trinajstić information content (AvgIpc) is 3.29. The van der Waals surface area contributed by atoms with Crippen molar-refractivity contribution in [1.29, 1.82) is 0 Å². The lowest BCUT2D eigenvalue weighted by Gasteiger charge is -2.50. The van der Waals surface area contributed by atoms with E-state index in [4.69, 9.17) is 4.74 Å². The standard InChI is InChI=1S/C20H30N2O3S/c1-15-9-16(2)11-17(10-15)12-22-13-20(14-22)18(6-8-25-20)5-7-21-26(23,24)19-3-4-19/h9-11,18-19,21H,3-8,12-14H2,1-2H3/t18-/m0/s1. The number of nitrogens with one attached hydrogen (secondary N) is 1. The number of likely N-dealkylation sites (tertiary alicyclic amines) is 1. The Morgan fingerprint density at radius 1 is 1.15 bits per heavy atom. The van der Waals surface area contributed by atoms with Crippen molar-refractivity contribution in [3.05, 3.63) is 34.9 Å². The molecule has 3 aliphatic rings. The van der Waals surface area contributed by atoms with Crippen LogP contribution >= 0.6 is 0 Å². The Balaban J connectivity index is 1.28. The molecule has 1 N–H and O–H groups in total. The van der Waals surface area contributed by atoms with Gasteiger partial charge in [-0.1, -0.05) is 29.3 Å². The molecule has 6 heteroatoms. The molecule has 0 bridgehead atoms. The number of nitrogens with zero attached hydrogens (tertiary/aromatic N) is 1. The Hall–Kier alpha value is -0.950. The van der Waals surface area contributed by atoms with Gasteiger partial charge < -0.3 is 4.74 Å². The fraction of sp³-hybridized carbons (Fsp3) is 0.700. The zero-order valence-electron chi connectivity index (χ0n) is 15.8. The average molecular weight is 379 g/mol. The van der Waals surface area contributed by atoms with Crippen LogP contribution in [0.25, 0.3) is 0 Å². The second-order valence-corrected chi connectivity index (χ2v) is 10.5. The van der Waals surface area contributed by atoms with Gasteiger partial charge in [-0.05, 0) is 51.0 Å². The van der Waals surface area contributed by atoms with Gasteiger partial charge >= 0.3 is 0 Å². The van der Waals surface area contributed by atoms with Crippen LogP contribution in [-0.2, 0) is 21.3 Å². The molecule has 1 spiro atoms. The first kappa shape index (κ1) is 18.4. The summed E-state index contributed by atoms with van der Waals surface area (Å²) in [6, 6.07) is 6.73. The Morgan fingerprint density at radius 3 is 2.50 bits per heavy atom. The van der Waals surface area contributed by atoms with Crippen molar-refractivity contribution in [2.45, 2.75) is 56.9 Å². The van der Waals surface area contributed by atoms with E-state index in [9.17, 15) is 8.42 Å². The number of rotatable bonds is 7. The van der Waals surface area contributed by atoms with Gasteiger partial charge in [-0.2, -0.15) is 0 Å². The molecular formula is C20H30N2O3S. The zero-order chi connectivity index (χ0) is 18.4. The minimum absolute atomic E-state index is 0.0517. The number of hydrogen-bond acceptors (Lipinski definition) is 4. The van der Waals surface area contributed by atoms with E-state index in [1.807, 2.05) is 0 Å². The third-order valence-corrected chi connectivity index (χ3v) is 7.98. The van der Waals surface area contributed by atoms with Crippen LogP contribution in [0.2, 0.25) is 0 Å². The van der Waals surface area contributed by atoms with Crippen LogP contribution in [0.3, 0.4) is 0 Å². The zero-order valence-corrected chi connectivity index (χ0v) is 16.6. The second-order valence-electron chi connectivity index (χ2n) is 8.47. The van der Waals surface area contributed by atoms with Crippen molar-refractivity contribution in [3.63, 3.8) is 0 Å². The molecule has 2 aliphatic heterocycles. The van der Waals surface area contributed by atoms with Gasteiger partial charge in [-0.15, -0.1) is 0 Å². The van der Waals surface area contributed by atoms with E-state index in [-0.39, 0.29) is 10.9 Å². The summed E-state index contributed by atoms with van der Waals surface area (Å²) in [7, 11) is -3.07. The maximum atomic E-state index is 12.0. The molecule has 1 aromatic rings. The van der Waals surface area contributed by atoms with E-state index < -0.39 is 10.0 Å². The summed E-state index contributed by atoms with van der Waals surface area (Å²) in [5.41, 5.74) is 3.94. The van der Waals surface area contributed by atoms with Gasteiger partial charge in [0.15, 0.2) is 0 Å². The first-order valence-electron chi connectivity index (χ1n) is 9.78. The number of benzene rings is 1. The minimum atomic E-state index is -3.07. The molecule has 0 aromatic heterocycles. The van der Waals surface area contributed by atoms with Crippen molar-refractivity contribution in [2.75, 3.05) is 26.2 Å². The molecule has 0 amide bonds. The normalized spacial score (nSPS) is 25.5. The number of sulfonamides is 1. The van der Waals surface area contributed by atoms with Crippen LogP contribution in [-0.4, -0.2) is 50.4 Å². The minimum Gasteiger partial charge on any atom is -0.372 e. The maximum Gasteiger partial charge on any atom is 0.214 e. The SMILES string of the molecule is Cc1cc(C)cc(CN2CC3(C2)OCC[C@@H]3CCNS(=O)(=O)C2CC2)c1. The molecule has 1 atom stereocenters. The molecule has 0 unspecified atom stereocenters. The van der Waals surface area contributed by atoms with E-state index in [0.717, 1.165) is 51.9 Å². The molecule has 4 rings (SSSR count). The second kappa shape index (κ2) is 6.89. The Kier molecular flexibility index (Phi) is 4.88. The monoisotopic (exact) mass is 378 g/mol. The van der Waals surface area contributed by atoms with Gasteiger partial charge in [0.1, 0.15) is 0 Å². The van der Waals surface area contributed by atoms with Crippen molar-refractivity contribution in [1.82, 2.24) is 9.62 Å². The van der Waals surface area contributed by atoms with Gasteiger partial charge in [-0.3, -0.25) is 4.90 Å². The summed E-state index contributed by atoms with van der Waals surface area (Å²) in [5, 5.41) is -0.131. The van der Waals surface area contributed by atoms with Crippen LogP contribution < -0.4 is 4.72 Å². The van der Waals surface area contributed by atoms with Crippen LogP contribution in [0.5, 0.6) is 0 Å². The van der Waals surface area contributed by atoms with Crippen molar-refractivity contribution < 1.29 is 13.2 Å². The molecule has 2 heterocycles. The van der Waals surface area contributed by atoms with Crippen molar-refractivity contribution in [3.8, 4) is 0 Å². The fourth-order valence-corrected chi connectivity index (χ4v) is 6.05. The van der Waals surface area contributed by atoms with Crippen LogP contribution in [0.15, 0.2) is 18.2 Å². The van der Waals surface area contributed by atoms with E-state index in [2.05, 4.69) is 41.7 Å². The highest BCUT2D eigenvalue weighted by Crippen LogP contribution is 2.42. The van der Waals surface area contributed by atoms with Crippen LogP contribution in [0.1, 0.15) is 42.4 Å². The quantitative estimate of drug-likeness (QED) is 0.791. The molecule has 26 heavy (non-hydrogen) atoms. The fourth-order valence-electron chi connectivity index (χ4n) is 4.65. The molecule has 5 nitrogen and oxygen atoms in total. The third-order valence-electron chi connectivity index (χ3n) is 6.03. The Labute approximate surface area is 157 Å². The molecule has 3 fully saturated rings. The topological polar surface area (TPSA) is 58.6 Å². The first-order chi connectivity index (χ1) is 12.4. The highest BCUT2D eigenvalue weighted by molar-refractivity contribution is 7.90. The summed E-state index contributed by atoms with van der Waals surface area (Å²) in [6.07, 6.45) is 3.56. The molecule has 1 aliphatic carbocycles. The van der Waals surface area contributed by atoms with Crippen LogP contribution in [0.4, 0.5) is 0 Å². The van der Waals surface area contributed by atoms with Gasteiger partial charge in [0.25, 0.3) is 0 Å². The van der Waals surface area contributed by atoms with Crippen molar-refractivity contribution in [2.24, 2.45) is 5.92 Å². The van der Waals surface area contributed by atoms with Gasteiger partial charge in [0.2, 0.25) is 10.0 Å². The largest absolute Gasteiger partial charge is 0.372 e. The highest BCUT2D eigenvalue weighted by Gasteiger charge is 2.52. The summed E-state index contributed by atoms with van der Waals surface area (Å²) >= 11 is 0.